The van der Waals surface area contributed by atoms with Crippen molar-refractivity contribution in [1.29, 1.82) is 0 Å². The van der Waals surface area contributed by atoms with E-state index in [1.54, 1.807) is 18.2 Å². The third-order valence-electron chi connectivity index (χ3n) is 5.72. The number of para-hydroxylation sites is 1. The van der Waals surface area contributed by atoms with E-state index in [1.807, 2.05) is 59.7 Å². The maximum absolute atomic E-state index is 11.9. The van der Waals surface area contributed by atoms with Gasteiger partial charge in [-0.1, -0.05) is 89.5 Å². The highest BCUT2D eigenvalue weighted by molar-refractivity contribution is 7.90. The van der Waals surface area contributed by atoms with Crippen LogP contribution in [0.5, 0.6) is 5.75 Å². The van der Waals surface area contributed by atoms with Gasteiger partial charge in [0, 0.05) is 16.8 Å². The van der Waals surface area contributed by atoms with E-state index in [4.69, 9.17) is 16.7 Å². The van der Waals surface area contributed by atoms with Crippen LogP contribution in [0.25, 0.3) is 0 Å². The molecule has 0 aliphatic carbocycles. The van der Waals surface area contributed by atoms with Gasteiger partial charge in [-0.25, -0.2) is 8.42 Å². The van der Waals surface area contributed by atoms with Gasteiger partial charge >= 0.3 is 6.18 Å². The first-order valence-corrected chi connectivity index (χ1v) is 17.1. The van der Waals surface area contributed by atoms with Gasteiger partial charge in [0.2, 0.25) is 0 Å². The molecule has 1 N–H and O–H groups in total. The van der Waals surface area contributed by atoms with Crippen molar-refractivity contribution in [1.82, 2.24) is 4.90 Å². The van der Waals surface area contributed by atoms with Crippen LogP contribution >= 0.6 is 11.6 Å². The van der Waals surface area contributed by atoms with E-state index < -0.39 is 27.3 Å². The van der Waals surface area contributed by atoms with Crippen LogP contribution < -0.4 is 0 Å². The van der Waals surface area contributed by atoms with Gasteiger partial charge in [0.1, 0.15) is 5.75 Å². The van der Waals surface area contributed by atoms with E-state index in [0.29, 0.717) is 17.0 Å². The lowest BCUT2D eigenvalue weighted by molar-refractivity contribution is -0.138. The Balaban J connectivity index is 0. The first-order valence-electron chi connectivity index (χ1n) is 14.8. The van der Waals surface area contributed by atoms with Crippen molar-refractivity contribution in [3.63, 3.8) is 0 Å². The fourth-order valence-electron chi connectivity index (χ4n) is 3.61. The molecule has 0 unspecified atom stereocenters. The third kappa shape index (κ3) is 16.8. The van der Waals surface area contributed by atoms with Crippen LogP contribution in [0.4, 0.5) is 13.2 Å². The predicted molar refractivity (Wildman–Crippen MR) is 178 cm³/mol. The summed E-state index contributed by atoms with van der Waals surface area (Å²) in [6.07, 6.45) is 0.0526. The number of alkyl halides is 3. The summed E-state index contributed by atoms with van der Waals surface area (Å²) in [6, 6.07) is 16.4. The maximum atomic E-state index is 11.9. The molecule has 3 aromatic carbocycles. The van der Waals surface area contributed by atoms with Crippen LogP contribution in [-0.2, 0) is 22.4 Å². The van der Waals surface area contributed by atoms with Gasteiger partial charge in [-0.2, -0.15) is 13.2 Å². The van der Waals surface area contributed by atoms with E-state index in [0.717, 1.165) is 29.5 Å². The molecule has 10 heteroatoms. The zero-order chi connectivity index (χ0) is 34.5. The molecular weight excluding hydrogens is 611 g/mol. The number of phenolic OH excluding ortho intramolecular Hbond substituents is 1. The molecular formula is C34H49ClF3NO4S. The molecule has 0 spiro atoms. The Morgan fingerprint density at radius 1 is 0.886 bits per heavy atom. The molecule has 1 aliphatic rings. The normalized spacial score (nSPS) is 12.2. The molecule has 1 heterocycles. The average molecular weight is 660 g/mol. The van der Waals surface area contributed by atoms with Crippen molar-refractivity contribution in [2.75, 3.05) is 26.4 Å². The molecule has 0 radical (unpaired) electrons. The summed E-state index contributed by atoms with van der Waals surface area (Å²) in [5.74, 6) is -0.727. The Labute approximate surface area is 268 Å². The highest BCUT2D eigenvalue weighted by Gasteiger charge is 2.33. The highest BCUT2D eigenvalue weighted by Crippen LogP contribution is 2.34. The zero-order valence-corrected chi connectivity index (χ0v) is 29.0. The standard InChI is InChI=1S/C16H15ClO3S.C7H5F3O.C5H11N.3C2H6/c1-11(18)13-5-3-4-12(8-13)9-14-6-7-15(10-16(14)17)21(2,19)20;8-7(9,10)5-3-1-2-4-6(5)11;1-6-4-2-3-5-6;3*1-2/h3-8,10H,9H2,1-2H3;1-4,11H;2-5H2,1H3;3*1-2H3. The number of ketones is 1. The van der Waals surface area contributed by atoms with Crippen LogP contribution in [-0.4, -0.2) is 50.6 Å². The number of aromatic hydroxyl groups is 1. The lowest BCUT2D eigenvalue weighted by atomic mass is 10.0. The number of phenols is 1. The number of nitrogens with zero attached hydrogens (tertiary/aromatic N) is 1. The summed E-state index contributed by atoms with van der Waals surface area (Å²) < 4.78 is 58.6. The number of hydrogen-bond donors (Lipinski definition) is 1. The van der Waals surface area contributed by atoms with Crippen molar-refractivity contribution < 1.29 is 31.5 Å². The minimum atomic E-state index is -4.47. The van der Waals surface area contributed by atoms with Gasteiger partial charge in [0.05, 0.1) is 10.5 Å². The molecule has 0 amide bonds. The molecule has 1 saturated heterocycles. The molecule has 0 bridgehead atoms. The molecule has 0 aromatic heterocycles. The SMILES string of the molecule is CC.CC.CC.CC(=O)c1cccc(Cc2ccc(S(C)(=O)=O)cc2Cl)c1.CN1CCCC1.Oc1ccccc1C(F)(F)F. The quantitative estimate of drug-likeness (QED) is 0.282. The van der Waals surface area contributed by atoms with Crippen molar-refractivity contribution >= 4 is 27.2 Å². The van der Waals surface area contributed by atoms with Crippen molar-refractivity contribution in [3.8, 4) is 5.75 Å². The Bertz CT molecular complexity index is 1340. The minimum absolute atomic E-state index is 0.00960. The summed E-state index contributed by atoms with van der Waals surface area (Å²) in [5, 5.41) is 9.13. The Morgan fingerprint density at radius 3 is 1.82 bits per heavy atom. The van der Waals surface area contributed by atoms with Crippen LogP contribution in [0.1, 0.15) is 88.4 Å². The number of Topliss-reactive ketones (excluding diaryl/α,β-unsaturated/α-hetero) is 1. The largest absolute Gasteiger partial charge is 0.507 e. The Morgan fingerprint density at radius 2 is 1.43 bits per heavy atom. The molecule has 248 valence electrons. The summed E-state index contributed by atoms with van der Waals surface area (Å²) in [6.45, 7) is 16.2. The number of likely N-dealkylation sites (tertiary alicyclic amines) is 1. The number of carbonyl (C=O) groups excluding carboxylic acids is 1. The van der Waals surface area contributed by atoms with Gasteiger partial charge in [0.15, 0.2) is 15.6 Å². The third-order valence-corrected chi connectivity index (χ3v) is 7.18. The van der Waals surface area contributed by atoms with Gasteiger partial charge in [-0.05, 0) is 87.8 Å². The summed E-state index contributed by atoms with van der Waals surface area (Å²) in [5.41, 5.74) is 1.43. The molecule has 5 nitrogen and oxygen atoms in total. The molecule has 1 aliphatic heterocycles. The Kier molecular flexibility index (Phi) is 22.2. The number of benzene rings is 3. The molecule has 4 rings (SSSR count). The van der Waals surface area contributed by atoms with E-state index in [-0.39, 0.29) is 10.7 Å². The van der Waals surface area contributed by atoms with Crippen LogP contribution in [0.3, 0.4) is 0 Å². The highest BCUT2D eigenvalue weighted by atomic mass is 35.5. The minimum Gasteiger partial charge on any atom is -0.507 e. The van der Waals surface area contributed by atoms with Gasteiger partial charge in [-0.15, -0.1) is 0 Å². The fraction of sp³-hybridized carbons (Fsp3) is 0.441. The number of hydrogen-bond acceptors (Lipinski definition) is 5. The molecule has 3 aromatic rings. The number of sulfone groups is 1. The van der Waals surface area contributed by atoms with Crippen LogP contribution in [0.2, 0.25) is 5.02 Å². The molecule has 1 fully saturated rings. The van der Waals surface area contributed by atoms with Crippen molar-refractivity contribution in [2.45, 2.75) is 78.8 Å². The van der Waals surface area contributed by atoms with E-state index in [9.17, 15) is 26.4 Å². The summed E-state index contributed by atoms with van der Waals surface area (Å²) in [4.78, 5) is 13.9. The van der Waals surface area contributed by atoms with Gasteiger partial charge in [0.25, 0.3) is 0 Å². The van der Waals surface area contributed by atoms with Gasteiger partial charge in [-0.3, -0.25) is 4.79 Å². The number of rotatable bonds is 4. The van der Waals surface area contributed by atoms with Crippen LogP contribution in [0.15, 0.2) is 71.6 Å². The monoisotopic (exact) mass is 659 g/mol. The fourth-order valence-corrected chi connectivity index (χ4v) is 4.57. The topological polar surface area (TPSA) is 74.7 Å². The lowest BCUT2D eigenvalue weighted by Gasteiger charge is -2.07. The zero-order valence-electron chi connectivity index (χ0n) is 27.4. The molecule has 0 atom stereocenters. The lowest BCUT2D eigenvalue weighted by Crippen LogP contribution is -2.10. The predicted octanol–water partition coefficient (Wildman–Crippen LogP) is 9.74. The number of halogens is 4. The first kappa shape index (κ1) is 43.2. The second-order valence-electron chi connectivity index (χ2n) is 8.98. The first-order chi connectivity index (χ1) is 20.7. The Hall–Kier alpha value is -2.88. The molecule has 0 saturated carbocycles. The molecule has 44 heavy (non-hydrogen) atoms. The van der Waals surface area contributed by atoms with E-state index in [1.165, 1.54) is 51.1 Å². The van der Waals surface area contributed by atoms with E-state index >= 15 is 0 Å². The average Bonchev–Trinajstić information content (AvgIpc) is 3.48. The second-order valence-corrected chi connectivity index (χ2v) is 11.4. The number of carbonyl (C=O) groups is 1. The summed E-state index contributed by atoms with van der Waals surface area (Å²) in [7, 11) is -1.09. The summed E-state index contributed by atoms with van der Waals surface area (Å²) >= 11 is 6.16. The van der Waals surface area contributed by atoms with Crippen molar-refractivity contribution in [2.24, 2.45) is 0 Å². The smallest absolute Gasteiger partial charge is 0.419 e. The second kappa shape index (κ2) is 22.6. The van der Waals surface area contributed by atoms with Gasteiger partial charge < -0.3 is 10.0 Å². The van der Waals surface area contributed by atoms with Crippen molar-refractivity contribution in [3.05, 3.63) is 94.0 Å². The maximum Gasteiger partial charge on any atom is 0.419 e. The van der Waals surface area contributed by atoms with Crippen LogP contribution in [0, 0.1) is 0 Å². The van der Waals surface area contributed by atoms with E-state index in [2.05, 4.69) is 11.9 Å².